The van der Waals surface area contributed by atoms with Gasteiger partial charge in [-0.05, 0) is 69.5 Å². The van der Waals surface area contributed by atoms with Crippen LogP contribution in [0, 0.1) is 0 Å². The molecule has 5 nitrogen and oxygen atoms in total. The Kier molecular flexibility index (Phi) is 9.68. The lowest BCUT2D eigenvalue weighted by molar-refractivity contribution is -0.123. The first-order valence-corrected chi connectivity index (χ1v) is 14.3. The van der Waals surface area contributed by atoms with E-state index in [1.54, 1.807) is 18.3 Å². The average molecular weight is 612 g/mol. The summed E-state index contributed by atoms with van der Waals surface area (Å²) in [6, 6.07) is 18.7. The zero-order chi connectivity index (χ0) is 24.6. The Morgan fingerprint density at radius 1 is 1.06 bits per heavy atom. The van der Waals surface area contributed by atoms with Crippen molar-refractivity contribution in [3.63, 3.8) is 0 Å². The van der Waals surface area contributed by atoms with Crippen molar-refractivity contribution < 1.29 is 14.3 Å². The molecule has 0 atom stereocenters. The number of hydrogen-bond donors (Lipinski definition) is 1. The first-order valence-electron chi connectivity index (χ1n) is 10.6. The molecule has 1 saturated heterocycles. The molecule has 1 heterocycles. The summed E-state index contributed by atoms with van der Waals surface area (Å²) in [6.07, 6.45) is 1.55. The second kappa shape index (κ2) is 12.9. The first-order chi connectivity index (χ1) is 17.0. The minimum atomic E-state index is -0.342. The van der Waals surface area contributed by atoms with Crippen LogP contribution < -0.4 is 14.9 Å². The Labute approximate surface area is 231 Å². The number of carbonyl (C=O) groups is 1. The van der Waals surface area contributed by atoms with Gasteiger partial charge in [-0.15, -0.1) is 23.5 Å². The fourth-order valence-electron chi connectivity index (χ4n) is 3.14. The van der Waals surface area contributed by atoms with Gasteiger partial charge in [0.2, 0.25) is 0 Å². The molecule has 0 aliphatic carbocycles. The van der Waals surface area contributed by atoms with Crippen molar-refractivity contribution in [2.45, 2.75) is 11.2 Å². The van der Waals surface area contributed by atoms with Gasteiger partial charge in [0.05, 0.1) is 15.3 Å². The van der Waals surface area contributed by atoms with Crippen LogP contribution in [0.15, 0.2) is 70.2 Å². The molecule has 1 aliphatic rings. The second-order valence-corrected chi connectivity index (χ2v) is 11.9. The highest BCUT2D eigenvalue weighted by atomic mass is 79.9. The van der Waals surface area contributed by atoms with Gasteiger partial charge in [-0.3, -0.25) is 4.79 Å². The highest BCUT2D eigenvalue weighted by molar-refractivity contribution is 9.10. The maximum atomic E-state index is 12.1. The van der Waals surface area contributed by atoms with E-state index in [0.717, 1.165) is 15.6 Å². The van der Waals surface area contributed by atoms with Crippen LogP contribution in [0.25, 0.3) is 0 Å². The molecule has 0 aromatic heterocycles. The van der Waals surface area contributed by atoms with Gasteiger partial charge in [0, 0.05) is 27.1 Å². The normalized spacial score (nSPS) is 13.8. The quantitative estimate of drug-likeness (QED) is 0.203. The third-order valence-corrected chi connectivity index (χ3v) is 9.21. The van der Waals surface area contributed by atoms with E-state index in [1.807, 2.05) is 59.9 Å². The number of rotatable bonds is 9. The Balaban J connectivity index is 1.22. The fourth-order valence-corrected chi connectivity index (χ4v) is 6.97. The number of hydrazone groups is 1. The Morgan fingerprint density at radius 2 is 1.83 bits per heavy atom. The Bertz CT molecular complexity index is 1210. The van der Waals surface area contributed by atoms with Crippen molar-refractivity contribution in [2.24, 2.45) is 5.10 Å². The number of ether oxygens (including phenoxy) is 2. The minimum Gasteiger partial charge on any atom is -0.488 e. The molecule has 0 unspecified atom stereocenters. The molecule has 4 rings (SSSR count). The molecule has 35 heavy (non-hydrogen) atoms. The smallest absolute Gasteiger partial charge is 0.277 e. The molecule has 3 aromatic carbocycles. The predicted molar refractivity (Wildman–Crippen MR) is 150 cm³/mol. The Hall–Kier alpha value is -1.84. The number of thioether (sulfide) groups is 2. The van der Waals surface area contributed by atoms with Crippen LogP contribution >= 0.6 is 62.7 Å². The summed E-state index contributed by atoms with van der Waals surface area (Å²) < 4.78 is 12.6. The lowest BCUT2D eigenvalue weighted by Crippen LogP contribution is -2.24. The summed E-state index contributed by atoms with van der Waals surface area (Å²) in [5, 5.41) is 5.13. The van der Waals surface area contributed by atoms with Gasteiger partial charge in [0.1, 0.15) is 18.1 Å². The topological polar surface area (TPSA) is 59.9 Å². The van der Waals surface area contributed by atoms with Crippen LogP contribution in [0.4, 0.5) is 0 Å². The summed E-state index contributed by atoms with van der Waals surface area (Å²) in [7, 11) is 0. The number of nitrogens with zero attached hydrogens (tertiary/aromatic N) is 1. The molecular formula is C25H21BrCl2N2O3S2. The maximum absolute atomic E-state index is 12.1. The number of benzene rings is 3. The highest BCUT2D eigenvalue weighted by Crippen LogP contribution is 2.45. The van der Waals surface area contributed by atoms with Crippen molar-refractivity contribution in [1.82, 2.24) is 5.43 Å². The lowest BCUT2D eigenvalue weighted by Gasteiger charge is -2.10. The standard InChI is InChI=1S/C25H21BrCl2N2O3S2/c26-21-11-16(1-8-23(21)33-14-18-2-5-19(27)12-22(18)28)13-29-30-24(31)15-32-20-6-3-17(4-7-20)25-34-9-10-35-25/h1-8,11-13,25H,9-10,14-15H2,(H,30,31)/b29-13-. The number of nitrogens with one attached hydrogen (secondary N) is 1. The molecule has 3 aromatic rings. The third kappa shape index (κ3) is 7.82. The van der Waals surface area contributed by atoms with Crippen LogP contribution in [-0.4, -0.2) is 30.2 Å². The van der Waals surface area contributed by atoms with Crippen LogP contribution in [0.3, 0.4) is 0 Å². The van der Waals surface area contributed by atoms with Gasteiger partial charge in [0.25, 0.3) is 5.91 Å². The molecule has 182 valence electrons. The maximum Gasteiger partial charge on any atom is 0.277 e. The molecule has 0 spiro atoms. The molecule has 0 bridgehead atoms. The predicted octanol–water partition coefficient (Wildman–Crippen LogP) is 7.34. The van der Waals surface area contributed by atoms with E-state index in [1.165, 1.54) is 17.1 Å². The van der Waals surface area contributed by atoms with Crippen molar-refractivity contribution in [1.29, 1.82) is 0 Å². The van der Waals surface area contributed by atoms with E-state index >= 15 is 0 Å². The van der Waals surface area contributed by atoms with E-state index in [-0.39, 0.29) is 12.5 Å². The van der Waals surface area contributed by atoms with Gasteiger partial charge in [0.15, 0.2) is 6.61 Å². The van der Waals surface area contributed by atoms with E-state index in [9.17, 15) is 4.79 Å². The fraction of sp³-hybridized carbons (Fsp3) is 0.200. The highest BCUT2D eigenvalue weighted by Gasteiger charge is 2.18. The molecule has 1 N–H and O–H groups in total. The van der Waals surface area contributed by atoms with Gasteiger partial charge >= 0.3 is 0 Å². The van der Waals surface area contributed by atoms with E-state index in [2.05, 4.69) is 38.6 Å². The minimum absolute atomic E-state index is 0.118. The largest absolute Gasteiger partial charge is 0.488 e. The summed E-state index contributed by atoms with van der Waals surface area (Å²) in [6.45, 7) is 0.187. The summed E-state index contributed by atoms with van der Waals surface area (Å²) in [5.74, 6) is 3.33. The SMILES string of the molecule is O=C(COc1ccc(C2SCCS2)cc1)N/N=C\c1ccc(OCc2ccc(Cl)cc2Cl)c(Br)c1. The van der Waals surface area contributed by atoms with Gasteiger partial charge < -0.3 is 9.47 Å². The van der Waals surface area contributed by atoms with Gasteiger partial charge in [-0.25, -0.2) is 5.43 Å². The number of halogens is 3. The Morgan fingerprint density at radius 3 is 2.54 bits per heavy atom. The number of amides is 1. The van der Waals surface area contributed by atoms with Crippen molar-refractivity contribution in [3.05, 3.63) is 91.9 Å². The monoisotopic (exact) mass is 610 g/mol. The molecule has 1 fully saturated rings. The van der Waals surface area contributed by atoms with Crippen LogP contribution in [0.2, 0.25) is 10.0 Å². The molecular weight excluding hydrogens is 591 g/mol. The molecule has 1 amide bonds. The molecule has 0 saturated carbocycles. The van der Waals surface area contributed by atoms with Crippen molar-refractivity contribution >= 4 is 74.8 Å². The molecule has 10 heteroatoms. The summed E-state index contributed by atoms with van der Waals surface area (Å²) in [5.41, 5.74) is 5.37. The van der Waals surface area contributed by atoms with Crippen molar-refractivity contribution in [2.75, 3.05) is 18.1 Å². The first kappa shape index (κ1) is 26.2. The van der Waals surface area contributed by atoms with Crippen LogP contribution in [0.5, 0.6) is 11.5 Å². The lowest BCUT2D eigenvalue weighted by atomic mass is 10.2. The number of carbonyl (C=O) groups excluding carboxylic acids is 1. The molecule has 0 radical (unpaired) electrons. The van der Waals surface area contributed by atoms with Gasteiger partial charge in [-0.1, -0.05) is 41.4 Å². The van der Waals surface area contributed by atoms with Crippen LogP contribution in [0.1, 0.15) is 21.3 Å². The van der Waals surface area contributed by atoms with E-state index in [0.29, 0.717) is 32.7 Å². The summed E-state index contributed by atoms with van der Waals surface area (Å²) in [4.78, 5) is 12.1. The second-order valence-electron chi connectivity index (χ2n) is 7.44. The van der Waals surface area contributed by atoms with E-state index in [4.69, 9.17) is 32.7 Å². The number of hydrogen-bond acceptors (Lipinski definition) is 6. The third-order valence-electron chi connectivity index (χ3n) is 4.90. The molecule has 1 aliphatic heterocycles. The zero-order valence-corrected chi connectivity index (χ0v) is 23.1. The average Bonchev–Trinajstić information content (AvgIpc) is 3.39. The zero-order valence-electron chi connectivity index (χ0n) is 18.4. The van der Waals surface area contributed by atoms with Crippen LogP contribution in [-0.2, 0) is 11.4 Å². The van der Waals surface area contributed by atoms with Gasteiger partial charge in [-0.2, -0.15) is 5.10 Å². The summed E-state index contributed by atoms with van der Waals surface area (Å²) >= 11 is 19.5. The van der Waals surface area contributed by atoms with Crippen molar-refractivity contribution in [3.8, 4) is 11.5 Å². The van der Waals surface area contributed by atoms with E-state index < -0.39 is 0 Å².